The van der Waals surface area contributed by atoms with E-state index in [0.717, 1.165) is 5.56 Å². The Bertz CT molecular complexity index is 1830. The van der Waals surface area contributed by atoms with E-state index in [2.05, 4.69) is 20.1 Å². The lowest BCUT2D eigenvalue weighted by atomic mass is 9.94. The molecule has 3 N–H and O–H groups in total. The maximum atomic E-state index is 14.3. The minimum Gasteiger partial charge on any atom is -0.447 e. The molecular formula is C34H42FN7O7S. The highest BCUT2D eigenvalue weighted by atomic mass is 32.2. The van der Waals surface area contributed by atoms with Crippen LogP contribution in [0, 0.1) is 12.7 Å². The normalized spacial score (nSPS) is 18.9. The minimum absolute atomic E-state index is 0.0268. The second-order valence-electron chi connectivity index (χ2n) is 12.6. The molecule has 3 atom stereocenters. The van der Waals surface area contributed by atoms with E-state index in [1.54, 1.807) is 41.6 Å². The van der Waals surface area contributed by atoms with E-state index in [1.165, 1.54) is 18.2 Å². The first-order valence-electron chi connectivity index (χ1n) is 16.3. The van der Waals surface area contributed by atoms with E-state index in [0.29, 0.717) is 67.8 Å². The molecule has 16 heteroatoms. The van der Waals surface area contributed by atoms with Gasteiger partial charge in [-0.3, -0.25) is 4.55 Å². The Morgan fingerprint density at radius 1 is 1.04 bits per heavy atom. The monoisotopic (exact) mass is 711 g/mol. The predicted octanol–water partition coefficient (Wildman–Crippen LogP) is 4.93. The third-order valence-electron chi connectivity index (χ3n) is 8.39. The summed E-state index contributed by atoms with van der Waals surface area (Å²) in [6.07, 6.45) is 3.80. The Morgan fingerprint density at radius 2 is 1.70 bits per heavy atom. The summed E-state index contributed by atoms with van der Waals surface area (Å²) in [7, 11) is -4.02. The molecule has 50 heavy (non-hydrogen) atoms. The van der Waals surface area contributed by atoms with Gasteiger partial charge in [0.25, 0.3) is 16.0 Å². The standard InChI is InChI=1S/C27H34FN7O4.C7H8O3S/c1-16(2)37-27(36)34-10-8-19(9-11-34)38-17(3)25-32-24(33-39-25)18-12-30-26(31-13-18)35-14-21(23(29)15-35)20-6-4-5-7-22(20)28;1-6-2-4-7(5-3-6)11(8,9)10/h4-7,12-13,16-17,19,21,23H,8-11,14-15,29H2,1-3H3;2-5H,1H3,(H,8,9,10)/t17-,21-,23+;/m1./s1. The third-order valence-corrected chi connectivity index (χ3v) is 9.26. The Hall–Kier alpha value is -4.51. The van der Waals surface area contributed by atoms with Gasteiger partial charge in [0, 0.05) is 50.5 Å². The molecule has 2 aliphatic heterocycles. The van der Waals surface area contributed by atoms with Crippen LogP contribution in [0.25, 0.3) is 11.4 Å². The van der Waals surface area contributed by atoms with Gasteiger partial charge in [0.05, 0.1) is 22.7 Å². The number of halogens is 1. The number of benzene rings is 2. The zero-order valence-electron chi connectivity index (χ0n) is 28.3. The topological polar surface area (TPSA) is 187 Å². The summed E-state index contributed by atoms with van der Waals surface area (Å²) < 4.78 is 60.7. The molecule has 2 fully saturated rings. The zero-order valence-corrected chi connectivity index (χ0v) is 29.2. The number of carbonyl (C=O) groups is 1. The van der Waals surface area contributed by atoms with Crippen molar-refractivity contribution in [3.05, 3.63) is 83.8 Å². The SMILES string of the molecule is CC(C)OC(=O)N1CCC(O[C@H](C)c2nc(-c3cnc(N4C[C@H](c5ccccc5F)[C@@H](N)C4)nc3)no2)CC1.Cc1ccc(S(=O)(=O)O)cc1. The van der Waals surface area contributed by atoms with Crippen molar-refractivity contribution in [1.29, 1.82) is 0 Å². The van der Waals surface area contributed by atoms with Gasteiger partial charge < -0.3 is 29.5 Å². The largest absolute Gasteiger partial charge is 0.447 e. The number of piperidine rings is 1. The van der Waals surface area contributed by atoms with E-state index in [-0.39, 0.29) is 41.0 Å². The lowest BCUT2D eigenvalue weighted by Crippen LogP contribution is -2.42. The summed E-state index contributed by atoms with van der Waals surface area (Å²) >= 11 is 0. The number of nitrogens with two attached hydrogens (primary N) is 1. The van der Waals surface area contributed by atoms with Gasteiger partial charge in [-0.1, -0.05) is 41.1 Å². The molecule has 4 aromatic rings. The first-order valence-corrected chi connectivity index (χ1v) is 17.8. The Kier molecular flexibility index (Phi) is 11.8. The first kappa shape index (κ1) is 36.8. The number of nitrogens with zero attached hydrogens (tertiary/aromatic N) is 6. The average molecular weight is 712 g/mol. The van der Waals surface area contributed by atoms with Crippen molar-refractivity contribution < 1.29 is 36.2 Å². The van der Waals surface area contributed by atoms with Crippen LogP contribution in [0.4, 0.5) is 15.1 Å². The molecule has 6 rings (SSSR count). The molecule has 1 amide bonds. The van der Waals surface area contributed by atoms with Gasteiger partial charge in [-0.05, 0) is 64.3 Å². The van der Waals surface area contributed by atoms with E-state index in [9.17, 15) is 17.6 Å². The zero-order chi connectivity index (χ0) is 36.0. The maximum absolute atomic E-state index is 14.3. The number of aromatic nitrogens is 4. The summed E-state index contributed by atoms with van der Waals surface area (Å²) in [5.74, 6) is 0.836. The van der Waals surface area contributed by atoms with Crippen molar-refractivity contribution >= 4 is 22.2 Å². The van der Waals surface area contributed by atoms with Gasteiger partial charge in [-0.2, -0.15) is 13.4 Å². The van der Waals surface area contributed by atoms with Crippen LogP contribution >= 0.6 is 0 Å². The molecule has 0 saturated carbocycles. The molecule has 14 nitrogen and oxygen atoms in total. The van der Waals surface area contributed by atoms with Crippen molar-refractivity contribution in [3.8, 4) is 11.4 Å². The third kappa shape index (κ3) is 9.38. The molecule has 0 unspecified atom stereocenters. The van der Waals surface area contributed by atoms with Crippen LogP contribution in [0.1, 0.15) is 62.7 Å². The van der Waals surface area contributed by atoms with E-state index in [1.807, 2.05) is 38.7 Å². The quantitative estimate of drug-likeness (QED) is 0.235. The van der Waals surface area contributed by atoms with Crippen LogP contribution in [0.15, 0.2) is 70.3 Å². The van der Waals surface area contributed by atoms with Crippen molar-refractivity contribution in [2.45, 2.75) is 75.7 Å². The van der Waals surface area contributed by atoms with Crippen LogP contribution in [-0.4, -0.2) is 88.5 Å². The number of anilines is 1. The molecule has 4 heterocycles. The van der Waals surface area contributed by atoms with Crippen LogP contribution in [0.2, 0.25) is 0 Å². The van der Waals surface area contributed by atoms with Crippen LogP contribution < -0.4 is 10.6 Å². The molecule has 2 saturated heterocycles. The highest BCUT2D eigenvalue weighted by Gasteiger charge is 2.34. The highest BCUT2D eigenvalue weighted by molar-refractivity contribution is 7.85. The average Bonchev–Trinajstić information content (AvgIpc) is 3.73. The van der Waals surface area contributed by atoms with Crippen molar-refractivity contribution in [2.75, 3.05) is 31.1 Å². The first-order chi connectivity index (χ1) is 23.8. The second-order valence-corrected chi connectivity index (χ2v) is 14.0. The van der Waals surface area contributed by atoms with Crippen LogP contribution in [0.3, 0.4) is 0 Å². The molecule has 0 spiro atoms. The molecule has 2 aliphatic rings. The van der Waals surface area contributed by atoms with Gasteiger partial charge in [0.15, 0.2) is 0 Å². The Labute approximate surface area is 290 Å². The van der Waals surface area contributed by atoms with Gasteiger partial charge >= 0.3 is 6.09 Å². The van der Waals surface area contributed by atoms with Gasteiger partial charge in [0.1, 0.15) is 11.9 Å². The second kappa shape index (κ2) is 16.0. The number of ether oxygens (including phenoxy) is 2. The predicted molar refractivity (Wildman–Crippen MR) is 181 cm³/mol. The number of hydrogen-bond donors (Lipinski definition) is 2. The number of hydrogen-bond acceptors (Lipinski definition) is 12. The number of rotatable bonds is 8. The highest BCUT2D eigenvalue weighted by Crippen LogP contribution is 2.31. The molecule has 0 aliphatic carbocycles. The molecule has 2 aromatic carbocycles. The van der Waals surface area contributed by atoms with E-state index >= 15 is 0 Å². The summed E-state index contributed by atoms with van der Waals surface area (Å²) in [5, 5.41) is 4.07. The maximum Gasteiger partial charge on any atom is 0.410 e. The molecular weight excluding hydrogens is 669 g/mol. The Balaban J connectivity index is 0.000000377. The summed E-state index contributed by atoms with van der Waals surface area (Å²) in [6, 6.07) is 12.5. The number of aryl methyl sites for hydroxylation is 1. The summed E-state index contributed by atoms with van der Waals surface area (Å²) in [6.45, 7) is 9.57. The summed E-state index contributed by atoms with van der Waals surface area (Å²) in [4.78, 5) is 29.1. The molecule has 0 bridgehead atoms. The van der Waals surface area contributed by atoms with Crippen LogP contribution in [0.5, 0.6) is 0 Å². The smallest absolute Gasteiger partial charge is 0.410 e. The van der Waals surface area contributed by atoms with Crippen LogP contribution in [-0.2, 0) is 19.6 Å². The lowest BCUT2D eigenvalue weighted by Gasteiger charge is -2.32. The van der Waals surface area contributed by atoms with Gasteiger partial charge in [-0.15, -0.1) is 0 Å². The fourth-order valence-corrected chi connectivity index (χ4v) is 6.20. The molecule has 2 aromatic heterocycles. The fraction of sp³-hybridized carbons (Fsp3) is 0.441. The lowest BCUT2D eigenvalue weighted by molar-refractivity contribution is -0.0475. The molecule has 0 radical (unpaired) electrons. The van der Waals surface area contributed by atoms with Crippen molar-refractivity contribution in [2.24, 2.45) is 5.73 Å². The fourth-order valence-electron chi connectivity index (χ4n) is 5.72. The Morgan fingerprint density at radius 3 is 2.32 bits per heavy atom. The molecule has 268 valence electrons. The van der Waals surface area contributed by atoms with E-state index < -0.39 is 16.2 Å². The van der Waals surface area contributed by atoms with Gasteiger partial charge in [0.2, 0.25) is 11.8 Å². The number of amides is 1. The number of likely N-dealkylation sites (tertiary alicyclic amines) is 1. The van der Waals surface area contributed by atoms with Crippen molar-refractivity contribution in [1.82, 2.24) is 25.0 Å². The summed E-state index contributed by atoms with van der Waals surface area (Å²) in [5.41, 5.74) is 8.50. The van der Waals surface area contributed by atoms with Gasteiger partial charge in [-0.25, -0.2) is 19.2 Å². The van der Waals surface area contributed by atoms with Crippen molar-refractivity contribution in [3.63, 3.8) is 0 Å². The number of carbonyl (C=O) groups excluding carboxylic acids is 1. The minimum atomic E-state index is -4.02. The van der Waals surface area contributed by atoms with E-state index in [4.69, 9.17) is 24.3 Å².